The molecule has 8 nitrogen and oxygen atoms in total. The van der Waals surface area contributed by atoms with Crippen LogP contribution in [0.5, 0.6) is 0 Å². The van der Waals surface area contributed by atoms with Crippen LogP contribution in [0, 0.1) is 0 Å². The summed E-state index contributed by atoms with van der Waals surface area (Å²) in [6.45, 7) is 2.16. The summed E-state index contributed by atoms with van der Waals surface area (Å²) in [6.07, 6.45) is 17.1. The first kappa shape index (κ1) is 27.2. The minimum absolute atomic E-state index is 0.0240. The smallest absolute Gasteiger partial charge is 0.331 e. The standard InChI is InChI=1S/C25H42N2O6/c1-2-3-4-5-6-7-8-9-10-11-12-13-14-15-18-32-23-22(30)20(19-28)33-24(23)27-17-16-21(29)26-25(27)31/h16-17,23-24,28,30H,2-15,18-19H2,1H3,(H,26,29,31)/t23?,24-/m1/s1. The Morgan fingerprint density at radius 2 is 1.48 bits per heavy atom. The first-order chi connectivity index (χ1) is 16.1. The van der Waals surface area contributed by atoms with E-state index < -0.39 is 30.2 Å². The van der Waals surface area contributed by atoms with Crippen molar-refractivity contribution in [1.29, 1.82) is 0 Å². The highest BCUT2D eigenvalue weighted by atomic mass is 16.6. The first-order valence-electron chi connectivity index (χ1n) is 12.7. The molecule has 1 aliphatic rings. The third-order valence-electron chi connectivity index (χ3n) is 6.14. The monoisotopic (exact) mass is 466 g/mol. The van der Waals surface area contributed by atoms with E-state index in [0.717, 1.165) is 23.8 Å². The van der Waals surface area contributed by atoms with Crippen LogP contribution < -0.4 is 11.2 Å². The fraction of sp³-hybridized carbons (Fsp3) is 0.760. The van der Waals surface area contributed by atoms with Crippen LogP contribution in [0.3, 0.4) is 0 Å². The van der Waals surface area contributed by atoms with Crippen LogP contribution in [-0.2, 0) is 9.47 Å². The molecule has 2 atom stereocenters. The third-order valence-corrected chi connectivity index (χ3v) is 6.14. The topological polar surface area (TPSA) is 114 Å². The normalized spacial score (nSPS) is 18.1. The molecule has 0 saturated heterocycles. The van der Waals surface area contributed by atoms with Gasteiger partial charge in [-0.15, -0.1) is 0 Å². The highest BCUT2D eigenvalue weighted by Crippen LogP contribution is 2.32. The molecule has 2 heterocycles. The highest BCUT2D eigenvalue weighted by molar-refractivity contribution is 5.14. The number of ether oxygens (including phenoxy) is 2. The molecule has 0 saturated carbocycles. The Kier molecular flexibility index (Phi) is 13.0. The van der Waals surface area contributed by atoms with Gasteiger partial charge in [-0.05, 0) is 6.42 Å². The largest absolute Gasteiger partial charge is 0.506 e. The van der Waals surface area contributed by atoms with E-state index in [2.05, 4.69) is 11.9 Å². The fourth-order valence-electron chi connectivity index (χ4n) is 4.18. The van der Waals surface area contributed by atoms with Crippen LogP contribution in [0.25, 0.3) is 0 Å². The van der Waals surface area contributed by atoms with Crippen LogP contribution in [-0.4, -0.2) is 39.1 Å². The van der Waals surface area contributed by atoms with Crippen LogP contribution in [0.2, 0.25) is 0 Å². The number of aromatic nitrogens is 2. The first-order valence-corrected chi connectivity index (χ1v) is 12.7. The molecule has 0 spiro atoms. The lowest BCUT2D eigenvalue weighted by Crippen LogP contribution is -2.37. The van der Waals surface area contributed by atoms with E-state index in [1.807, 2.05) is 0 Å². The number of H-pyrrole nitrogens is 1. The van der Waals surface area contributed by atoms with E-state index >= 15 is 0 Å². The number of unbranched alkanes of at least 4 members (excludes halogenated alkanes) is 13. The molecule has 0 aliphatic carbocycles. The number of hydrogen-bond donors (Lipinski definition) is 3. The van der Waals surface area contributed by atoms with Crippen LogP contribution >= 0.6 is 0 Å². The number of hydrogen-bond acceptors (Lipinski definition) is 6. The molecule has 33 heavy (non-hydrogen) atoms. The van der Waals surface area contributed by atoms with Crippen molar-refractivity contribution in [2.75, 3.05) is 13.2 Å². The molecular formula is C25H42N2O6. The molecular weight excluding hydrogens is 424 g/mol. The van der Waals surface area contributed by atoms with Gasteiger partial charge >= 0.3 is 5.69 Å². The lowest BCUT2D eigenvalue weighted by atomic mass is 10.0. The zero-order valence-electron chi connectivity index (χ0n) is 20.1. The molecule has 188 valence electrons. The van der Waals surface area contributed by atoms with E-state index in [9.17, 15) is 19.8 Å². The molecule has 1 unspecified atom stereocenters. The second kappa shape index (κ2) is 15.7. The van der Waals surface area contributed by atoms with E-state index in [-0.39, 0.29) is 11.5 Å². The van der Waals surface area contributed by atoms with Crippen molar-refractivity contribution in [3.05, 3.63) is 44.6 Å². The number of aliphatic hydroxyl groups excluding tert-OH is 2. The van der Waals surface area contributed by atoms with Gasteiger partial charge < -0.3 is 19.7 Å². The molecule has 0 amide bonds. The highest BCUT2D eigenvalue weighted by Gasteiger charge is 2.39. The maximum absolute atomic E-state index is 12.1. The summed E-state index contributed by atoms with van der Waals surface area (Å²) in [5.41, 5.74) is -1.18. The Labute approximate surface area is 196 Å². The van der Waals surface area contributed by atoms with Gasteiger partial charge in [-0.1, -0.05) is 90.4 Å². The average molecular weight is 467 g/mol. The lowest BCUT2D eigenvalue weighted by molar-refractivity contribution is -0.0567. The van der Waals surface area contributed by atoms with Gasteiger partial charge in [-0.2, -0.15) is 0 Å². The number of aliphatic hydroxyl groups is 2. The Morgan fingerprint density at radius 3 is 2.00 bits per heavy atom. The van der Waals surface area contributed by atoms with Gasteiger partial charge in [0.15, 0.2) is 17.6 Å². The molecule has 0 radical (unpaired) electrons. The maximum atomic E-state index is 12.1. The van der Waals surface area contributed by atoms with Crippen molar-refractivity contribution in [3.8, 4) is 0 Å². The van der Waals surface area contributed by atoms with E-state index in [1.165, 1.54) is 82.9 Å². The number of aromatic amines is 1. The lowest BCUT2D eigenvalue weighted by Gasteiger charge is -2.21. The minimum atomic E-state index is -0.969. The van der Waals surface area contributed by atoms with Crippen molar-refractivity contribution in [2.45, 2.75) is 109 Å². The Balaban J connectivity index is 1.59. The van der Waals surface area contributed by atoms with Gasteiger partial charge in [-0.25, -0.2) is 4.79 Å². The maximum Gasteiger partial charge on any atom is 0.331 e. The summed E-state index contributed by atoms with van der Waals surface area (Å²) >= 11 is 0. The zero-order valence-corrected chi connectivity index (χ0v) is 20.1. The van der Waals surface area contributed by atoms with E-state index in [0.29, 0.717) is 6.61 Å². The van der Waals surface area contributed by atoms with Gasteiger partial charge in [-0.3, -0.25) is 14.3 Å². The quantitative estimate of drug-likeness (QED) is 0.270. The van der Waals surface area contributed by atoms with Crippen molar-refractivity contribution in [2.24, 2.45) is 0 Å². The fourth-order valence-corrected chi connectivity index (χ4v) is 4.18. The molecule has 1 aromatic rings. The van der Waals surface area contributed by atoms with Gasteiger partial charge in [0, 0.05) is 18.9 Å². The summed E-state index contributed by atoms with van der Waals surface area (Å²) in [7, 11) is 0. The second-order valence-electron chi connectivity index (χ2n) is 8.88. The van der Waals surface area contributed by atoms with Crippen molar-refractivity contribution < 1.29 is 19.7 Å². The molecule has 8 heteroatoms. The number of nitrogens with zero attached hydrogens (tertiary/aromatic N) is 1. The van der Waals surface area contributed by atoms with Gasteiger partial charge in [0.25, 0.3) is 5.56 Å². The van der Waals surface area contributed by atoms with Gasteiger partial charge in [0.2, 0.25) is 6.23 Å². The van der Waals surface area contributed by atoms with Gasteiger partial charge in [0.05, 0.1) is 0 Å². The Hall–Kier alpha value is -2.06. The Bertz CT molecular complexity index is 816. The van der Waals surface area contributed by atoms with Crippen molar-refractivity contribution >= 4 is 0 Å². The predicted molar refractivity (Wildman–Crippen MR) is 128 cm³/mol. The molecule has 3 N–H and O–H groups in total. The number of rotatable bonds is 18. The van der Waals surface area contributed by atoms with E-state index in [4.69, 9.17) is 9.47 Å². The van der Waals surface area contributed by atoms with Crippen LogP contribution in [0.1, 0.15) is 103 Å². The molecule has 1 aromatic heterocycles. The van der Waals surface area contributed by atoms with E-state index in [1.54, 1.807) is 0 Å². The van der Waals surface area contributed by atoms with Crippen molar-refractivity contribution in [3.63, 3.8) is 0 Å². The molecule has 1 aliphatic heterocycles. The SMILES string of the molecule is CCCCCCCCCCCCCCCCOC1C(O)=C(CO)O[C@H]1n1ccc(=O)[nH]c1=O. The third kappa shape index (κ3) is 9.37. The number of nitrogens with one attached hydrogen (secondary N) is 1. The predicted octanol–water partition coefficient (Wildman–Crippen LogP) is 4.69. The summed E-state index contributed by atoms with van der Waals surface area (Å²) < 4.78 is 12.5. The molecule has 2 rings (SSSR count). The van der Waals surface area contributed by atoms with Crippen LogP contribution in [0.15, 0.2) is 33.4 Å². The second-order valence-corrected chi connectivity index (χ2v) is 8.88. The summed E-state index contributed by atoms with van der Waals surface area (Å²) in [6, 6.07) is 1.20. The average Bonchev–Trinajstić information content (AvgIpc) is 3.11. The Morgan fingerprint density at radius 1 is 0.939 bits per heavy atom. The molecule has 0 bridgehead atoms. The van der Waals surface area contributed by atoms with Gasteiger partial charge in [0.1, 0.15) is 6.61 Å². The minimum Gasteiger partial charge on any atom is -0.506 e. The summed E-state index contributed by atoms with van der Waals surface area (Å²) in [4.78, 5) is 25.6. The molecule has 0 fully saturated rings. The van der Waals surface area contributed by atoms with Crippen LogP contribution in [0.4, 0.5) is 0 Å². The summed E-state index contributed by atoms with van der Waals surface area (Å²) in [5, 5.41) is 19.7. The molecule has 0 aromatic carbocycles. The van der Waals surface area contributed by atoms with Crippen molar-refractivity contribution in [1.82, 2.24) is 9.55 Å². The summed E-state index contributed by atoms with van der Waals surface area (Å²) in [5.74, 6) is -0.241. The zero-order chi connectivity index (χ0) is 23.9.